The highest BCUT2D eigenvalue weighted by Crippen LogP contribution is 2.29. The fourth-order valence-corrected chi connectivity index (χ4v) is 4.41. The number of rotatable bonds is 6. The Bertz CT molecular complexity index is 1090. The highest BCUT2D eigenvalue weighted by Gasteiger charge is 2.23. The quantitative estimate of drug-likeness (QED) is 0.636. The molecule has 0 aliphatic rings. The van der Waals surface area contributed by atoms with Gasteiger partial charge in [0.25, 0.3) is 15.9 Å². The summed E-state index contributed by atoms with van der Waals surface area (Å²) in [5, 5.41) is 4.18. The summed E-state index contributed by atoms with van der Waals surface area (Å²) >= 11 is 1.28. The van der Waals surface area contributed by atoms with Crippen LogP contribution in [-0.2, 0) is 10.0 Å². The summed E-state index contributed by atoms with van der Waals surface area (Å²) in [5.74, 6) is -0.537. The number of nitrogens with zero attached hydrogens (tertiary/aromatic N) is 2. The molecule has 1 amide bonds. The number of pyridine rings is 1. The number of carbonyl (C=O) groups is 1. The first kappa shape index (κ1) is 19.8. The van der Waals surface area contributed by atoms with Crippen LogP contribution in [0, 0.1) is 13.8 Å². The third kappa shape index (κ3) is 4.12. The van der Waals surface area contributed by atoms with Gasteiger partial charge < -0.3 is 10.1 Å². The number of anilines is 2. The molecule has 0 saturated carbocycles. The van der Waals surface area contributed by atoms with E-state index in [-0.39, 0.29) is 22.2 Å². The molecule has 0 saturated heterocycles. The number of sulfonamides is 1. The van der Waals surface area contributed by atoms with Gasteiger partial charge in [-0.15, -0.1) is 11.3 Å². The fourth-order valence-electron chi connectivity index (χ4n) is 2.53. The summed E-state index contributed by atoms with van der Waals surface area (Å²) in [6, 6.07) is 6.76. The van der Waals surface area contributed by atoms with Gasteiger partial charge in [-0.1, -0.05) is 18.2 Å². The normalized spacial score (nSPS) is 11.1. The van der Waals surface area contributed by atoms with Gasteiger partial charge in [0, 0.05) is 5.38 Å². The third-order valence-corrected chi connectivity index (χ3v) is 5.87. The lowest BCUT2D eigenvalue weighted by atomic mass is 10.1. The molecule has 3 rings (SSSR count). The zero-order chi connectivity index (χ0) is 20.3. The molecule has 2 heterocycles. The molecule has 10 heteroatoms. The Morgan fingerprint density at radius 3 is 2.50 bits per heavy atom. The van der Waals surface area contributed by atoms with Crippen LogP contribution in [0.2, 0.25) is 0 Å². The number of aryl methyl sites for hydroxylation is 2. The van der Waals surface area contributed by atoms with E-state index in [9.17, 15) is 13.2 Å². The molecule has 0 aliphatic heterocycles. The molecule has 2 aromatic heterocycles. The predicted octanol–water partition coefficient (Wildman–Crippen LogP) is 3.22. The number of thiazole rings is 1. The van der Waals surface area contributed by atoms with Crippen LogP contribution in [0.15, 0.2) is 46.2 Å². The highest BCUT2D eigenvalue weighted by atomic mass is 32.2. The van der Waals surface area contributed by atoms with Crippen molar-refractivity contribution in [1.82, 2.24) is 9.97 Å². The average Bonchev–Trinajstić information content (AvgIpc) is 3.20. The molecule has 2 N–H and O–H groups in total. The number of hydrogen-bond acceptors (Lipinski definition) is 7. The van der Waals surface area contributed by atoms with Crippen LogP contribution < -0.4 is 14.8 Å². The maximum atomic E-state index is 13.0. The summed E-state index contributed by atoms with van der Waals surface area (Å²) in [7, 11) is -2.69. The molecule has 0 bridgehead atoms. The summed E-state index contributed by atoms with van der Waals surface area (Å²) in [5.41, 5.74) is 4.03. The van der Waals surface area contributed by atoms with E-state index in [1.807, 2.05) is 32.0 Å². The van der Waals surface area contributed by atoms with Crippen molar-refractivity contribution >= 4 is 38.6 Å². The van der Waals surface area contributed by atoms with Gasteiger partial charge in [0.2, 0.25) is 5.88 Å². The molecule has 0 fully saturated rings. The predicted molar refractivity (Wildman–Crippen MR) is 108 cm³/mol. The largest absolute Gasteiger partial charge is 0.480 e. The zero-order valence-electron chi connectivity index (χ0n) is 15.4. The lowest BCUT2D eigenvalue weighted by molar-refractivity contribution is 0.102. The topological polar surface area (TPSA) is 110 Å². The van der Waals surface area contributed by atoms with E-state index in [1.165, 1.54) is 36.2 Å². The van der Waals surface area contributed by atoms with Gasteiger partial charge in [0.05, 0.1) is 30.2 Å². The number of aromatic nitrogens is 2. The molecule has 0 spiro atoms. The molecule has 146 valence electrons. The van der Waals surface area contributed by atoms with Gasteiger partial charge in [0.1, 0.15) is 5.69 Å². The van der Waals surface area contributed by atoms with Gasteiger partial charge in [-0.25, -0.2) is 18.4 Å². The van der Waals surface area contributed by atoms with Gasteiger partial charge in [0.15, 0.2) is 4.90 Å². The monoisotopic (exact) mass is 418 g/mol. The van der Waals surface area contributed by atoms with Crippen molar-refractivity contribution in [2.24, 2.45) is 0 Å². The standard InChI is InChI=1S/C18H18N4O4S2/c1-11-5-4-6-12(2)16(11)22-28(24,25)15-7-13(8-19-18(15)26-3)21-17(23)14-9-27-10-20-14/h4-10,22H,1-3H3,(H,21,23). The van der Waals surface area contributed by atoms with Crippen molar-refractivity contribution in [2.75, 3.05) is 17.1 Å². The van der Waals surface area contributed by atoms with Crippen LogP contribution in [0.3, 0.4) is 0 Å². The number of ether oxygens (including phenoxy) is 1. The van der Waals surface area contributed by atoms with Gasteiger partial charge in [-0.2, -0.15) is 0 Å². The summed E-state index contributed by atoms with van der Waals surface area (Å²) < 4.78 is 33.7. The van der Waals surface area contributed by atoms with E-state index < -0.39 is 15.9 Å². The van der Waals surface area contributed by atoms with Crippen molar-refractivity contribution < 1.29 is 17.9 Å². The second kappa shape index (κ2) is 7.95. The molecular weight excluding hydrogens is 400 g/mol. The minimum Gasteiger partial charge on any atom is -0.480 e. The fraction of sp³-hybridized carbons (Fsp3) is 0.167. The molecule has 28 heavy (non-hydrogen) atoms. The number of para-hydroxylation sites is 1. The molecule has 0 unspecified atom stereocenters. The second-order valence-corrected chi connectivity index (χ2v) is 8.30. The first-order chi connectivity index (χ1) is 13.3. The smallest absolute Gasteiger partial charge is 0.275 e. The lowest BCUT2D eigenvalue weighted by Gasteiger charge is -2.15. The maximum Gasteiger partial charge on any atom is 0.275 e. The Kier molecular flexibility index (Phi) is 5.61. The third-order valence-electron chi connectivity index (χ3n) is 3.94. The Balaban J connectivity index is 1.96. The summed E-state index contributed by atoms with van der Waals surface area (Å²) in [4.78, 5) is 19.9. The van der Waals surface area contributed by atoms with Gasteiger partial charge >= 0.3 is 0 Å². The zero-order valence-corrected chi connectivity index (χ0v) is 17.0. The SMILES string of the molecule is COc1ncc(NC(=O)c2cscn2)cc1S(=O)(=O)Nc1c(C)cccc1C. The van der Waals surface area contributed by atoms with Crippen LogP contribution >= 0.6 is 11.3 Å². The Morgan fingerprint density at radius 1 is 1.18 bits per heavy atom. The minimum absolute atomic E-state index is 0.0783. The molecule has 0 radical (unpaired) electrons. The summed E-state index contributed by atoms with van der Waals surface area (Å²) in [6.07, 6.45) is 1.32. The highest BCUT2D eigenvalue weighted by molar-refractivity contribution is 7.92. The van der Waals surface area contributed by atoms with Crippen LogP contribution in [0.25, 0.3) is 0 Å². The Labute approximate surface area is 166 Å². The number of carbonyl (C=O) groups excluding carboxylic acids is 1. The van der Waals surface area contributed by atoms with Crippen LogP contribution in [-0.4, -0.2) is 31.4 Å². The molecule has 0 atom stereocenters. The van der Waals surface area contributed by atoms with Crippen molar-refractivity contribution in [3.8, 4) is 5.88 Å². The van der Waals surface area contributed by atoms with Crippen molar-refractivity contribution in [3.63, 3.8) is 0 Å². The first-order valence-corrected chi connectivity index (χ1v) is 10.6. The van der Waals surface area contributed by atoms with Crippen LogP contribution in [0.1, 0.15) is 21.6 Å². The second-order valence-electron chi connectivity index (χ2n) is 5.93. The van der Waals surface area contributed by atoms with E-state index >= 15 is 0 Å². The van der Waals surface area contributed by atoms with E-state index in [4.69, 9.17) is 4.74 Å². The first-order valence-electron chi connectivity index (χ1n) is 8.14. The number of hydrogen-bond donors (Lipinski definition) is 2. The van der Waals surface area contributed by atoms with Crippen LogP contribution in [0.5, 0.6) is 5.88 Å². The lowest BCUT2D eigenvalue weighted by Crippen LogP contribution is -2.18. The van der Waals surface area contributed by atoms with Gasteiger partial charge in [-0.3, -0.25) is 9.52 Å². The number of nitrogens with one attached hydrogen (secondary N) is 2. The average molecular weight is 419 g/mol. The number of methoxy groups -OCH3 is 1. The van der Waals surface area contributed by atoms with E-state index in [0.29, 0.717) is 5.69 Å². The minimum atomic E-state index is -4.02. The van der Waals surface area contributed by atoms with Crippen LogP contribution in [0.4, 0.5) is 11.4 Å². The van der Waals surface area contributed by atoms with E-state index in [2.05, 4.69) is 20.0 Å². The Hall–Kier alpha value is -2.98. The number of benzene rings is 1. The molecule has 3 aromatic rings. The van der Waals surface area contributed by atoms with Crippen molar-refractivity contribution in [1.29, 1.82) is 0 Å². The maximum absolute atomic E-state index is 13.0. The molecular formula is C18H18N4O4S2. The van der Waals surface area contributed by atoms with E-state index in [1.54, 1.807) is 5.38 Å². The van der Waals surface area contributed by atoms with Crippen molar-refractivity contribution in [3.05, 3.63) is 58.2 Å². The summed E-state index contributed by atoms with van der Waals surface area (Å²) in [6.45, 7) is 3.62. The van der Waals surface area contributed by atoms with Gasteiger partial charge in [-0.05, 0) is 31.0 Å². The molecule has 8 nitrogen and oxygen atoms in total. The van der Waals surface area contributed by atoms with E-state index in [0.717, 1.165) is 11.1 Å². The molecule has 0 aliphatic carbocycles. The number of amides is 1. The Morgan fingerprint density at radius 2 is 1.89 bits per heavy atom. The molecule has 1 aromatic carbocycles. The van der Waals surface area contributed by atoms with Crippen molar-refractivity contribution in [2.45, 2.75) is 18.7 Å².